The molecule has 1 aromatic carbocycles. The molecule has 67 heavy (non-hydrogen) atoms. The molecule has 0 radical (unpaired) electrons. The van der Waals surface area contributed by atoms with Crippen molar-refractivity contribution in [2.45, 2.75) is 107 Å². The van der Waals surface area contributed by atoms with Gasteiger partial charge in [-0.25, -0.2) is 22.7 Å². The first-order valence-corrected chi connectivity index (χ1v) is 23.2. The third kappa shape index (κ3) is 9.47. The summed E-state index contributed by atoms with van der Waals surface area (Å²) in [5.41, 5.74) is 2.08. The molecule has 7 heterocycles. The summed E-state index contributed by atoms with van der Waals surface area (Å²) in [6.45, 7) is 3.17. The molecule has 4 atom stereocenters. The van der Waals surface area contributed by atoms with Gasteiger partial charge >= 0.3 is 0 Å². The number of hydrogen-bond donors (Lipinski definition) is 2. The highest BCUT2D eigenvalue weighted by atomic mass is 19.3. The quantitative estimate of drug-likeness (QED) is 0.116. The van der Waals surface area contributed by atoms with E-state index < -0.39 is 36.2 Å². The molecule has 1 unspecified atom stereocenters. The maximum Gasteiger partial charge on any atom is 0.284 e. The van der Waals surface area contributed by atoms with Crippen molar-refractivity contribution in [2.75, 3.05) is 56.2 Å². The molecule has 2 N–H and O–H groups in total. The topological polar surface area (TPSA) is 190 Å². The minimum absolute atomic E-state index is 0.0647. The summed E-state index contributed by atoms with van der Waals surface area (Å²) < 4.78 is 60.8. The average Bonchev–Trinajstić information content (AvgIpc) is 3.75. The second-order valence-electron chi connectivity index (χ2n) is 18.2. The van der Waals surface area contributed by atoms with Gasteiger partial charge in [-0.3, -0.25) is 34.0 Å². The Kier molecular flexibility index (Phi) is 12.7. The third-order valence-corrected chi connectivity index (χ3v) is 13.7. The van der Waals surface area contributed by atoms with E-state index in [-0.39, 0.29) is 72.9 Å². The average molecular weight is 921 g/mol. The molecular weight excluding hydrogens is 870 g/mol. The number of rotatable bonds is 12. The van der Waals surface area contributed by atoms with E-state index in [4.69, 9.17) is 19.8 Å². The van der Waals surface area contributed by atoms with Crippen LogP contribution < -0.4 is 15.5 Å². The first kappa shape index (κ1) is 44.5. The minimum Gasteiger partial charge on any atom is -0.373 e. The molecule has 17 nitrogen and oxygen atoms in total. The maximum absolute atomic E-state index is 15.6. The summed E-state index contributed by atoms with van der Waals surface area (Å²) in [6.07, 6.45) is 6.03. The molecule has 0 bridgehead atoms. The van der Waals surface area contributed by atoms with E-state index in [0.717, 1.165) is 48.7 Å². The molecule has 5 aromatic rings. The van der Waals surface area contributed by atoms with Crippen molar-refractivity contribution < 1.29 is 37.0 Å². The van der Waals surface area contributed by atoms with Gasteiger partial charge in [-0.05, 0) is 69.4 Å². The fourth-order valence-electron chi connectivity index (χ4n) is 10.0. The van der Waals surface area contributed by atoms with Gasteiger partial charge < -0.3 is 19.7 Å². The van der Waals surface area contributed by atoms with Crippen molar-refractivity contribution in [1.29, 1.82) is 5.26 Å². The standard InChI is InChI=1S/C47H51F3N12O5/c48-36-26-58(18-15-38(36)67-21-2-4-29-3-1-5-33-41(34-12-13-40(63)55-46(34)64)57-62(43(29)33)31-10-11-31)24-28-6-8-30(9-7-28)61-27-37(42(56-61)44(49)50)53-47(65)35-23-52-60-19-16-39(54-45(35)60)59-20-22-66-32(25-59)14-17-51/h1,3,5,16,19,23,27-28,30-32,34,36,38,44H,6-15,18,20-22,24-26H2,(H,53,65)(H,55,63,64)/t28?,30?,32-,34?,36+,38-/m1/s1. The van der Waals surface area contributed by atoms with Crippen LogP contribution >= 0.6 is 0 Å². The number of likely N-dealkylation sites (tertiary alicyclic amines) is 1. The van der Waals surface area contributed by atoms with Crippen molar-refractivity contribution in [3.05, 3.63) is 65.4 Å². The second kappa shape index (κ2) is 19.1. The van der Waals surface area contributed by atoms with E-state index >= 15 is 4.39 Å². The van der Waals surface area contributed by atoms with Gasteiger partial charge in [0.05, 0.1) is 78.0 Å². The molecule has 350 valence electrons. The number of alkyl halides is 3. The molecule has 3 amide bonds. The van der Waals surface area contributed by atoms with Crippen LogP contribution in [0.3, 0.4) is 0 Å². The number of amides is 3. The predicted molar refractivity (Wildman–Crippen MR) is 237 cm³/mol. The number of anilines is 2. The number of para-hydroxylation sites is 1. The molecule has 20 heteroatoms. The van der Waals surface area contributed by atoms with Gasteiger partial charge in [-0.2, -0.15) is 20.6 Å². The Bertz CT molecular complexity index is 2780. The van der Waals surface area contributed by atoms with E-state index in [1.54, 1.807) is 16.9 Å². The minimum atomic E-state index is -2.92. The van der Waals surface area contributed by atoms with Crippen LogP contribution in [0.25, 0.3) is 16.6 Å². The van der Waals surface area contributed by atoms with Gasteiger partial charge in [0.25, 0.3) is 12.3 Å². The van der Waals surface area contributed by atoms with Crippen LogP contribution in [0.1, 0.15) is 116 Å². The van der Waals surface area contributed by atoms with Crippen LogP contribution in [-0.2, 0) is 19.1 Å². The first-order chi connectivity index (χ1) is 32.6. The van der Waals surface area contributed by atoms with Crippen LogP contribution in [-0.4, -0.2) is 121 Å². The zero-order chi connectivity index (χ0) is 46.2. The molecule has 3 saturated heterocycles. The molecule has 0 spiro atoms. The summed E-state index contributed by atoms with van der Waals surface area (Å²) in [6, 6.07) is 9.75. The van der Waals surface area contributed by atoms with Crippen LogP contribution in [0.5, 0.6) is 0 Å². The van der Waals surface area contributed by atoms with Gasteiger partial charge in [0.2, 0.25) is 11.8 Å². The Morgan fingerprint density at radius 1 is 1.03 bits per heavy atom. The number of imide groups is 1. The third-order valence-electron chi connectivity index (χ3n) is 13.7. The largest absolute Gasteiger partial charge is 0.373 e. The molecule has 3 aliphatic heterocycles. The highest BCUT2D eigenvalue weighted by Gasteiger charge is 2.36. The zero-order valence-corrected chi connectivity index (χ0v) is 36.8. The lowest BCUT2D eigenvalue weighted by molar-refractivity contribution is -0.134. The van der Waals surface area contributed by atoms with Crippen molar-refractivity contribution in [2.24, 2.45) is 5.92 Å². The number of nitrogens with one attached hydrogen (secondary N) is 2. The van der Waals surface area contributed by atoms with Crippen molar-refractivity contribution in [3.63, 3.8) is 0 Å². The smallest absolute Gasteiger partial charge is 0.284 e. The summed E-state index contributed by atoms with van der Waals surface area (Å²) >= 11 is 0. The molecule has 2 aliphatic carbocycles. The van der Waals surface area contributed by atoms with Gasteiger partial charge in [0, 0.05) is 56.9 Å². The van der Waals surface area contributed by atoms with Gasteiger partial charge in [0.15, 0.2) is 11.3 Å². The predicted octanol–water partition coefficient (Wildman–Crippen LogP) is 5.65. The Hall–Kier alpha value is -6.35. The fourth-order valence-corrected chi connectivity index (χ4v) is 10.0. The second-order valence-corrected chi connectivity index (χ2v) is 18.2. The van der Waals surface area contributed by atoms with E-state index in [9.17, 15) is 23.2 Å². The fraction of sp³-hybridized carbons (Fsp3) is 0.532. The van der Waals surface area contributed by atoms with E-state index in [2.05, 4.69) is 48.6 Å². The Morgan fingerprint density at radius 3 is 2.64 bits per heavy atom. The SMILES string of the molecule is N#CC[C@@H]1CN(c2ccn3ncc(C(=O)Nc4cn(C5CCC(CN6CC[C@@H](OCC#Cc7cccc8c(C9CCC(=O)NC9=O)nn(C9CC9)c78)[C@@H](F)C6)CC5)nc4C(F)F)c3n2)CCO1. The maximum atomic E-state index is 15.6. The molecule has 5 aliphatic rings. The van der Waals surface area contributed by atoms with E-state index in [1.807, 2.05) is 27.8 Å². The Labute approximate surface area is 383 Å². The molecule has 10 rings (SSSR count). The summed E-state index contributed by atoms with van der Waals surface area (Å²) in [7, 11) is 0. The number of hydrogen-bond acceptors (Lipinski definition) is 12. The van der Waals surface area contributed by atoms with Crippen LogP contribution in [0.2, 0.25) is 0 Å². The van der Waals surface area contributed by atoms with Crippen molar-refractivity contribution >= 4 is 45.8 Å². The lowest BCUT2D eigenvalue weighted by Gasteiger charge is -2.38. The number of nitrogens with zero attached hydrogens (tertiary/aromatic N) is 10. The van der Waals surface area contributed by atoms with Gasteiger partial charge in [0.1, 0.15) is 24.2 Å². The van der Waals surface area contributed by atoms with E-state index in [0.29, 0.717) is 69.4 Å². The number of nitriles is 1. The Balaban J connectivity index is 0.712. The van der Waals surface area contributed by atoms with Crippen molar-refractivity contribution in [1.82, 2.24) is 44.4 Å². The Morgan fingerprint density at radius 2 is 1.87 bits per heavy atom. The number of ether oxygens (including phenoxy) is 2. The highest BCUT2D eigenvalue weighted by molar-refractivity contribution is 6.08. The summed E-state index contributed by atoms with van der Waals surface area (Å²) in [5, 5.41) is 28.4. The van der Waals surface area contributed by atoms with Gasteiger partial charge in [-0.1, -0.05) is 24.0 Å². The lowest BCUT2D eigenvalue weighted by atomic mass is 9.85. The summed E-state index contributed by atoms with van der Waals surface area (Å²) in [5.74, 6) is 5.46. The molecule has 4 aromatic heterocycles. The summed E-state index contributed by atoms with van der Waals surface area (Å²) in [4.78, 5) is 46.9. The monoisotopic (exact) mass is 920 g/mol. The van der Waals surface area contributed by atoms with Crippen LogP contribution in [0.15, 0.2) is 42.9 Å². The molecule has 5 fully saturated rings. The number of fused-ring (bicyclic) bond motifs is 2. The number of benzene rings is 1. The number of halogens is 3. The first-order valence-electron chi connectivity index (χ1n) is 23.2. The van der Waals surface area contributed by atoms with Crippen molar-refractivity contribution in [3.8, 4) is 17.9 Å². The zero-order valence-electron chi connectivity index (χ0n) is 36.8. The number of morpholine rings is 1. The van der Waals surface area contributed by atoms with Gasteiger partial charge in [-0.15, -0.1) is 0 Å². The molecular formula is C47H51F3N12O5. The lowest BCUT2D eigenvalue weighted by Crippen LogP contribution is -2.47. The number of piperidine rings is 2. The van der Waals surface area contributed by atoms with Crippen LogP contribution in [0.4, 0.5) is 24.7 Å². The van der Waals surface area contributed by atoms with E-state index in [1.165, 1.54) is 16.9 Å². The molecule has 2 saturated carbocycles. The number of carbonyl (C=O) groups is 3. The van der Waals surface area contributed by atoms with Crippen LogP contribution in [0, 0.1) is 29.1 Å². The normalized spacial score (nSPS) is 25.0. The number of aromatic nitrogens is 7. The number of carbonyl (C=O) groups excluding carboxylic acids is 3. The highest BCUT2D eigenvalue weighted by Crippen LogP contribution is 2.41.